The summed E-state index contributed by atoms with van der Waals surface area (Å²) >= 11 is 0. The lowest BCUT2D eigenvalue weighted by Crippen LogP contribution is -2.19. The van der Waals surface area contributed by atoms with Gasteiger partial charge in [0.2, 0.25) is 0 Å². The Morgan fingerprint density at radius 1 is 1.28 bits per heavy atom. The van der Waals surface area contributed by atoms with Gasteiger partial charge in [-0.1, -0.05) is 40.0 Å². The maximum Gasteiger partial charge on any atom is 0.123 e. The summed E-state index contributed by atoms with van der Waals surface area (Å²) in [5.41, 5.74) is 2.35. The van der Waals surface area contributed by atoms with Crippen LogP contribution in [0.15, 0.2) is 12.1 Å². The van der Waals surface area contributed by atoms with Crippen molar-refractivity contribution in [2.75, 3.05) is 6.61 Å². The van der Waals surface area contributed by atoms with Gasteiger partial charge in [0.05, 0.1) is 6.61 Å². The van der Waals surface area contributed by atoms with Gasteiger partial charge in [-0.25, -0.2) is 0 Å². The highest BCUT2D eigenvalue weighted by atomic mass is 16.5. The molecule has 0 bridgehead atoms. The van der Waals surface area contributed by atoms with Gasteiger partial charge in [-0.3, -0.25) is 0 Å². The van der Waals surface area contributed by atoms with Gasteiger partial charge in [-0.05, 0) is 24.0 Å². The molecule has 1 N–H and O–H groups in total. The first-order valence-corrected chi connectivity index (χ1v) is 7.04. The standard InChI is InChI=1S/C16H24O2/c1-4-5-6-10-16(2,3)15-12-9-11-18-14(12)8-7-13(15)17/h7-8,17H,4-6,9-11H2,1-3H3. The van der Waals surface area contributed by atoms with Crippen LogP contribution in [-0.2, 0) is 11.8 Å². The topological polar surface area (TPSA) is 29.5 Å². The van der Waals surface area contributed by atoms with Gasteiger partial charge in [-0.2, -0.15) is 0 Å². The minimum Gasteiger partial charge on any atom is -0.508 e. The number of hydrogen-bond acceptors (Lipinski definition) is 2. The van der Waals surface area contributed by atoms with Gasteiger partial charge in [0.1, 0.15) is 11.5 Å². The van der Waals surface area contributed by atoms with E-state index in [0.717, 1.165) is 30.8 Å². The third-order valence-corrected chi connectivity index (χ3v) is 3.94. The van der Waals surface area contributed by atoms with Crippen molar-refractivity contribution in [2.45, 2.75) is 58.3 Å². The number of fused-ring (bicyclic) bond motifs is 1. The Morgan fingerprint density at radius 2 is 2.06 bits per heavy atom. The fourth-order valence-corrected chi connectivity index (χ4v) is 2.96. The summed E-state index contributed by atoms with van der Waals surface area (Å²) in [6.45, 7) is 7.43. The summed E-state index contributed by atoms with van der Waals surface area (Å²) in [6.07, 6.45) is 5.75. The number of aromatic hydroxyl groups is 1. The molecule has 0 saturated heterocycles. The molecule has 1 aromatic rings. The average Bonchev–Trinajstić information content (AvgIpc) is 2.76. The zero-order valence-corrected chi connectivity index (χ0v) is 11.8. The SMILES string of the molecule is CCCCCC(C)(C)c1c(O)ccc2c1CCO2. The molecule has 0 amide bonds. The number of rotatable bonds is 5. The van der Waals surface area contributed by atoms with Crippen LogP contribution in [-0.4, -0.2) is 11.7 Å². The van der Waals surface area contributed by atoms with Crippen molar-refractivity contribution in [2.24, 2.45) is 0 Å². The van der Waals surface area contributed by atoms with Gasteiger partial charge in [0, 0.05) is 17.5 Å². The van der Waals surface area contributed by atoms with Crippen LogP contribution in [0.4, 0.5) is 0 Å². The second-order valence-electron chi connectivity index (χ2n) is 5.88. The maximum atomic E-state index is 10.2. The van der Waals surface area contributed by atoms with E-state index in [1.54, 1.807) is 6.07 Å². The smallest absolute Gasteiger partial charge is 0.123 e. The van der Waals surface area contributed by atoms with Crippen molar-refractivity contribution in [1.29, 1.82) is 0 Å². The summed E-state index contributed by atoms with van der Waals surface area (Å²) in [6, 6.07) is 3.67. The Bertz CT molecular complexity index is 421. The molecule has 0 unspecified atom stereocenters. The lowest BCUT2D eigenvalue weighted by Gasteiger charge is -2.28. The van der Waals surface area contributed by atoms with Crippen LogP contribution in [0.25, 0.3) is 0 Å². The highest BCUT2D eigenvalue weighted by Gasteiger charge is 2.30. The summed E-state index contributed by atoms with van der Waals surface area (Å²) in [7, 11) is 0. The normalized spacial score (nSPS) is 14.4. The molecule has 0 spiro atoms. The van der Waals surface area contributed by atoms with E-state index in [4.69, 9.17) is 4.74 Å². The van der Waals surface area contributed by atoms with E-state index in [-0.39, 0.29) is 5.41 Å². The second kappa shape index (κ2) is 5.21. The van der Waals surface area contributed by atoms with Crippen LogP contribution in [0.2, 0.25) is 0 Å². The van der Waals surface area contributed by atoms with Gasteiger partial charge >= 0.3 is 0 Å². The number of ether oxygens (including phenoxy) is 1. The van der Waals surface area contributed by atoms with E-state index < -0.39 is 0 Å². The third-order valence-electron chi connectivity index (χ3n) is 3.94. The molecule has 2 rings (SSSR count). The first-order chi connectivity index (χ1) is 8.56. The highest BCUT2D eigenvalue weighted by molar-refractivity contribution is 5.53. The fraction of sp³-hybridized carbons (Fsp3) is 0.625. The molecule has 0 atom stereocenters. The van der Waals surface area contributed by atoms with E-state index in [9.17, 15) is 5.11 Å². The number of unbranched alkanes of at least 4 members (excludes halogenated alkanes) is 2. The molecule has 0 aliphatic carbocycles. The van der Waals surface area contributed by atoms with Crippen molar-refractivity contribution in [3.05, 3.63) is 23.3 Å². The summed E-state index contributed by atoms with van der Waals surface area (Å²) < 4.78 is 5.60. The van der Waals surface area contributed by atoms with Crippen LogP contribution >= 0.6 is 0 Å². The fourth-order valence-electron chi connectivity index (χ4n) is 2.96. The molecule has 1 aliphatic rings. The molecular formula is C16H24O2. The molecule has 100 valence electrons. The Labute approximate surface area is 110 Å². The van der Waals surface area contributed by atoms with Gasteiger partial charge in [0.25, 0.3) is 0 Å². The van der Waals surface area contributed by atoms with Crippen LogP contribution < -0.4 is 4.74 Å². The van der Waals surface area contributed by atoms with Crippen molar-refractivity contribution >= 4 is 0 Å². The Kier molecular flexibility index (Phi) is 3.84. The molecule has 2 nitrogen and oxygen atoms in total. The lowest BCUT2D eigenvalue weighted by atomic mass is 9.76. The van der Waals surface area contributed by atoms with E-state index in [1.807, 2.05) is 6.07 Å². The van der Waals surface area contributed by atoms with Gasteiger partial charge in [0.15, 0.2) is 0 Å². The molecular weight excluding hydrogens is 224 g/mol. The molecule has 18 heavy (non-hydrogen) atoms. The number of phenols is 1. The minimum atomic E-state index is 0.0261. The first-order valence-electron chi connectivity index (χ1n) is 7.04. The molecule has 1 aromatic carbocycles. The first kappa shape index (κ1) is 13.3. The third kappa shape index (κ3) is 2.47. The molecule has 0 saturated carbocycles. The predicted molar refractivity (Wildman–Crippen MR) is 74.5 cm³/mol. The molecule has 0 radical (unpaired) electrons. The molecule has 1 aliphatic heterocycles. The van der Waals surface area contributed by atoms with E-state index in [1.165, 1.54) is 24.8 Å². The Morgan fingerprint density at radius 3 is 2.78 bits per heavy atom. The van der Waals surface area contributed by atoms with E-state index >= 15 is 0 Å². The second-order valence-corrected chi connectivity index (χ2v) is 5.88. The molecule has 1 heterocycles. The zero-order chi connectivity index (χ0) is 13.2. The lowest BCUT2D eigenvalue weighted by molar-refractivity contribution is 0.356. The summed E-state index contributed by atoms with van der Waals surface area (Å²) in [5, 5.41) is 10.2. The Balaban J connectivity index is 2.29. The van der Waals surface area contributed by atoms with Crippen molar-refractivity contribution < 1.29 is 9.84 Å². The largest absolute Gasteiger partial charge is 0.508 e. The maximum absolute atomic E-state index is 10.2. The minimum absolute atomic E-state index is 0.0261. The number of hydrogen-bond donors (Lipinski definition) is 1. The number of benzene rings is 1. The molecule has 2 heteroatoms. The number of phenolic OH excluding ortho intramolecular Hbond substituents is 1. The van der Waals surface area contributed by atoms with Crippen molar-refractivity contribution in [1.82, 2.24) is 0 Å². The Hall–Kier alpha value is -1.18. The van der Waals surface area contributed by atoms with Crippen LogP contribution in [0.1, 0.15) is 57.6 Å². The zero-order valence-electron chi connectivity index (χ0n) is 11.8. The molecule has 0 aromatic heterocycles. The quantitative estimate of drug-likeness (QED) is 0.792. The van der Waals surface area contributed by atoms with Crippen molar-refractivity contribution in [3.63, 3.8) is 0 Å². The highest BCUT2D eigenvalue weighted by Crippen LogP contribution is 2.43. The van der Waals surface area contributed by atoms with Crippen molar-refractivity contribution in [3.8, 4) is 11.5 Å². The van der Waals surface area contributed by atoms with Crippen LogP contribution in [0.5, 0.6) is 11.5 Å². The van der Waals surface area contributed by atoms with Gasteiger partial charge in [-0.15, -0.1) is 0 Å². The summed E-state index contributed by atoms with van der Waals surface area (Å²) in [4.78, 5) is 0. The van der Waals surface area contributed by atoms with E-state index in [0.29, 0.717) is 5.75 Å². The van der Waals surface area contributed by atoms with Crippen LogP contribution in [0, 0.1) is 0 Å². The van der Waals surface area contributed by atoms with E-state index in [2.05, 4.69) is 20.8 Å². The predicted octanol–water partition coefficient (Wildman–Crippen LogP) is 4.19. The summed E-state index contributed by atoms with van der Waals surface area (Å²) in [5.74, 6) is 1.40. The van der Waals surface area contributed by atoms with Crippen LogP contribution in [0.3, 0.4) is 0 Å². The van der Waals surface area contributed by atoms with Gasteiger partial charge < -0.3 is 9.84 Å². The monoisotopic (exact) mass is 248 g/mol. The molecule has 0 fully saturated rings. The average molecular weight is 248 g/mol.